The van der Waals surface area contributed by atoms with Crippen LogP contribution in [-0.4, -0.2) is 4.98 Å². The van der Waals surface area contributed by atoms with Gasteiger partial charge in [0.25, 0.3) is 0 Å². The minimum atomic E-state index is -4.32. The van der Waals surface area contributed by atoms with Gasteiger partial charge in [-0.3, -0.25) is 0 Å². The number of anilines is 2. The molecule has 0 aliphatic rings. The standard InChI is InChI=1S/C13H14F3N3S/c1-7(17)11-8(2)18-12(20-11)19-10-5-3-9(4-6-10)13(14,15)16/h3-7H,17H2,1-2H3,(H,18,19). The smallest absolute Gasteiger partial charge is 0.332 e. The average Bonchev–Trinajstić information content (AvgIpc) is 2.70. The number of nitrogens with two attached hydrogens (primary N) is 1. The molecule has 0 fully saturated rings. The van der Waals surface area contributed by atoms with Crippen LogP contribution in [0.15, 0.2) is 24.3 Å². The van der Waals surface area contributed by atoms with Crippen molar-refractivity contribution in [3.05, 3.63) is 40.4 Å². The average molecular weight is 301 g/mol. The van der Waals surface area contributed by atoms with Crippen LogP contribution in [0.1, 0.15) is 29.1 Å². The highest BCUT2D eigenvalue weighted by atomic mass is 32.1. The molecule has 1 unspecified atom stereocenters. The summed E-state index contributed by atoms with van der Waals surface area (Å²) in [6.07, 6.45) is -4.32. The number of thiazole rings is 1. The Morgan fingerprint density at radius 1 is 1.25 bits per heavy atom. The lowest BCUT2D eigenvalue weighted by molar-refractivity contribution is -0.137. The summed E-state index contributed by atoms with van der Waals surface area (Å²) >= 11 is 1.40. The molecule has 1 aromatic heterocycles. The number of benzene rings is 1. The molecular weight excluding hydrogens is 287 g/mol. The lowest BCUT2D eigenvalue weighted by Crippen LogP contribution is -2.04. The summed E-state index contributed by atoms with van der Waals surface area (Å²) < 4.78 is 37.3. The van der Waals surface area contributed by atoms with E-state index in [1.54, 1.807) is 0 Å². The van der Waals surface area contributed by atoms with Crippen LogP contribution in [0.25, 0.3) is 0 Å². The van der Waals surface area contributed by atoms with E-state index in [-0.39, 0.29) is 6.04 Å². The van der Waals surface area contributed by atoms with Crippen LogP contribution in [0.4, 0.5) is 24.0 Å². The molecule has 0 aliphatic carbocycles. The Morgan fingerprint density at radius 2 is 1.85 bits per heavy atom. The molecule has 3 nitrogen and oxygen atoms in total. The SMILES string of the molecule is Cc1nc(Nc2ccc(C(F)(F)F)cc2)sc1C(C)N. The first-order chi connectivity index (χ1) is 9.27. The fraction of sp³-hybridized carbons (Fsp3) is 0.308. The van der Waals surface area contributed by atoms with Gasteiger partial charge in [-0.1, -0.05) is 11.3 Å². The summed E-state index contributed by atoms with van der Waals surface area (Å²) in [7, 11) is 0. The van der Waals surface area contributed by atoms with Crippen molar-refractivity contribution in [1.82, 2.24) is 4.98 Å². The summed E-state index contributed by atoms with van der Waals surface area (Å²) in [4.78, 5) is 5.26. The van der Waals surface area contributed by atoms with E-state index in [9.17, 15) is 13.2 Å². The van der Waals surface area contributed by atoms with Crippen LogP contribution in [0.3, 0.4) is 0 Å². The van der Waals surface area contributed by atoms with E-state index in [4.69, 9.17) is 5.73 Å². The van der Waals surface area contributed by atoms with Gasteiger partial charge in [-0.2, -0.15) is 13.2 Å². The quantitative estimate of drug-likeness (QED) is 0.891. The van der Waals surface area contributed by atoms with Crippen LogP contribution in [0, 0.1) is 6.92 Å². The third kappa shape index (κ3) is 3.29. The first-order valence-electron chi connectivity index (χ1n) is 5.94. The van der Waals surface area contributed by atoms with Gasteiger partial charge in [-0.05, 0) is 38.1 Å². The topological polar surface area (TPSA) is 50.9 Å². The van der Waals surface area contributed by atoms with Crippen molar-refractivity contribution in [2.24, 2.45) is 5.73 Å². The number of alkyl halides is 3. The first-order valence-corrected chi connectivity index (χ1v) is 6.76. The molecule has 2 aromatic rings. The van der Waals surface area contributed by atoms with E-state index in [0.717, 1.165) is 22.7 Å². The number of nitrogens with one attached hydrogen (secondary N) is 1. The van der Waals surface area contributed by atoms with Gasteiger partial charge < -0.3 is 11.1 Å². The Hall–Kier alpha value is -1.60. The van der Waals surface area contributed by atoms with Gasteiger partial charge in [-0.25, -0.2) is 4.98 Å². The summed E-state index contributed by atoms with van der Waals surface area (Å²) in [5.41, 5.74) is 6.53. The summed E-state index contributed by atoms with van der Waals surface area (Å²) in [5.74, 6) is 0. The number of hydrogen-bond acceptors (Lipinski definition) is 4. The summed E-state index contributed by atoms with van der Waals surface area (Å²) in [6.45, 7) is 3.72. The largest absolute Gasteiger partial charge is 0.416 e. The molecular formula is C13H14F3N3S. The van der Waals surface area contributed by atoms with Crippen molar-refractivity contribution >= 4 is 22.2 Å². The number of hydrogen-bond donors (Lipinski definition) is 2. The van der Waals surface area contributed by atoms with Crippen molar-refractivity contribution in [1.29, 1.82) is 0 Å². The molecule has 108 valence electrons. The molecule has 0 spiro atoms. The maximum absolute atomic E-state index is 12.4. The van der Waals surface area contributed by atoms with Gasteiger partial charge in [0.05, 0.1) is 11.3 Å². The number of rotatable bonds is 3. The first kappa shape index (κ1) is 14.8. The van der Waals surface area contributed by atoms with Gasteiger partial charge in [0.2, 0.25) is 0 Å². The number of aryl methyl sites for hydroxylation is 1. The third-order valence-electron chi connectivity index (χ3n) is 2.71. The zero-order chi connectivity index (χ0) is 14.9. The molecule has 0 amide bonds. The zero-order valence-electron chi connectivity index (χ0n) is 11.0. The molecule has 0 radical (unpaired) electrons. The molecule has 0 bridgehead atoms. The molecule has 1 aromatic carbocycles. The molecule has 0 aliphatic heterocycles. The van der Waals surface area contributed by atoms with Crippen LogP contribution in [0.5, 0.6) is 0 Å². The van der Waals surface area contributed by atoms with Gasteiger partial charge in [0.1, 0.15) is 0 Å². The minimum Gasteiger partial charge on any atom is -0.332 e. The molecule has 0 saturated carbocycles. The van der Waals surface area contributed by atoms with Crippen molar-refractivity contribution in [3.63, 3.8) is 0 Å². The molecule has 1 atom stereocenters. The predicted octanol–water partition coefficient (Wildman–Crippen LogP) is 4.23. The second-order valence-corrected chi connectivity index (χ2v) is 5.49. The van der Waals surface area contributed by atoms with E-state index >= 15 is 0 Å². The van der Waals surface area contributed by atoms with E-state index in [0.29, 0.717) is 10.8 Å². The molecule has 2 rings (SSSR count). The Balaban J connectivity index is 2.16. The van der Waals surface area contributed by atoms with Crippen LogP contribution >= 0.6 is 11.3 Å². The maximum atomic E-state index is 12.4. The van der Waals surface area contributed by atoms with Crippen LogP contribution in [0.2, 0.25) is 0 Å². The van der Waals surface area contributed by atoms with Gasteiger partial charge in [-0.15, -0.1) is 0 Å². The number of aromatic nitrogens is 1. The van der Waals surface area contributed by atoms with Crippen molar-refractivity contribution in [2.75, 3.05) is 5.32 Å². The third-order valence-corrected chi connectivity index (χ3v) is 3.98. The fourth-order valence-corrected chi connectivity index (χ4v) is 2.69. The van der Waals surface area contributed by atoms with E-state index in [2.05, 4.69) is 10.3 Å². The number of halogens is 3. The van der Waals surface area contributed by atoms with E-state index in [1.807, 2.05) is 13.8 Å². The lowest BCUT2D eigenvalue weighted by Gasteiger charge is -2.07. The van der Waals surface area contributed by atoms with Gasteiger partial charge >= 0.3 is 6.18 Å². The zero-order valence-corrected chi connectivity index (χ0v) is 11.8. The Morgan fingerprint density at radius 3 is 2.30 bits per heavy atom. The molecule has 7 heteroatoms. The highest BCUT2D eigenvalue weighted by Crippen LogP contribution is 2.32. The van der Waals surface area contributed by atoms with Crippen LogP contribution < -0.4 is 11.1 Å². The summed E-state index contributed by atoms with van der Waals surface area (Å²) in [5, 5.41) is 3.60. The highest BCUT2D eigenvalue weighted by Gasteiger charge is 2.29. The lowest BCUT2D eigenvalue weighted by atomic mass is 10.2. The van der Waals surface area contributed by atoms with Gasteiger partial charge in [0, 0.05) is 16.6 Å². The fourth-order valence-electron chi connectivity index (χ4n) is 1.75. The van der Waals surface area contributed by atoms with Crippen molar-refractivity contribution in [3.8, 4) is 0 Å². The molecule has 20 heavy (non-hydrogen) atoms. The predicted molar refractivity (Wildman–Crippen MR) is 74.2 cm³/mol. The van der Waals surface area contributed by atoms with Crippen molar-refractivity contribution < 1.29 is 13.2 Å². The molecule has 3 N–H and O–H groups in total. The summed E-state index contributed by atoms with van der Waals surface area (Å²) in [6, 6.07) is 4.72. The van der Waals surface area contributed by atoms with Crippen LogP contribution in [-0.2, 0) is 6.18 Å². The van der Waals surface area contributed by atoms with E-state index < -0.39 is 11.7 Å². The van der Waals surface area contributed by atoms with Gasteiger partial charge in [0.15, 0.2) is 5.13 Å². The molecule has 1 heterocycles. The monoisotopic (exact) mass is 301 g/mol. The van der Waals surface area contributed by atoms with E-state index in [1.165, 1.54) is 23.5 Å². The molecule has 0 saturated heterocycles. The second-order valence-electron chi connectivity index (χ2n) is 4.46. The minimum absolute atomic E-state index is 0.115. The second kappa shape index (κ2) is 5.41. The van der Waals surface area contributed by atoms with Crippen molar-refractivity contribution in [2.45, 2.75) is 26.1 Å². The highest BCUT2D eigenvalue weighted by molar-refractivity contribution is 7.15. The Kier molecular flexibility index (Phi) is 4.01. The Bertz CT molecular complexity index is 588. The normalized spacial score (nSPS) is 13.3. The maximum Gasteiger partial charge on any atom is 0.416 e. The number of nitrogens with zero attached hydrogens (tertiary/aromatic N) is 1. The Labute approximate surface area is 118 Å².